The van der Waals surface area contributed by atoms with Crippen molar-refractivity contribution < 1.29 is 19.1 Å². The molecule has 1 N–H and O–H groups in total. The molecule has 1 fully saturated rings. The highest BCUT2D eigenvalue weighted by molar-refractivity contribution is 6.33. The van der Waals surface area contributed by atoms with Crippen molar-refractivity contribution in [3.05, 3.63) is 52.3 Å². The normalized spacial score (nSPS) is 14.3. The Morgan fingerprint density at radius 3 is 2.62 bits per heavy atom. The number of carboxylic acids is 1. The van der Waals surface area contributed by atoms with E-state index in [0.29, 0.717) is 30.2 Å². The number of carbonyl (C=O) groups is 2. The van der Waals surface area contributed by atoms with Crippen LogP contribution in [0.1, 0.15) is 29.0 Å². The third-order valence-electron chi connectivity index (χ3n) is 4.14. The van der Waals surface area contributed by atoms with Crippen molar-refractivity contribution >= 4 is 29.6 Å². The molecule has 1 saturated heterocycles. The first kappa shape index (κ1) is 17.8. The lowest BCUT2D eigenvalue weighted by atomic mass is 10.1. The maximum Gasteiger partial charge on any atom is 0.337 e. The molecule has 0 spiro atoms. The number of halogens is 1. The van der Waals surface area contributed by atoms with Crippen LogP contribution in [0, 0.1) is 11.3 Å². The van der Waals surface area contributed by atoms with E-state index < -0.39 is 5.97 Å². The van der Waals surface area contributed by atoms with Crippen LogP contribution in [0.3, 0.4) is 0 Å². The van der Waals surface area contributed by atoms with Gasteiger partial charge in [0, 0.05) is 24.7 Å². The van der Waals surface area contributed by atoms with Gasteiger partial charge in [-0.3, -0.25) is 4.79 Å². The van der Waals surface area contributed by atoms with Crippen LogP contribution in [0.25, 0.3) is 17.4 Å². The van der Waals surface area contributed by atoms with Crippen LogP contribution in [0.15, 0.2) is 40.3 Å². The molecule has 0 atom stereocenters. The summed E-state index contributed by atoms with van der Waals surface area (Å²) >= 11 is 5.87. The number of nitrogens with zero attached hydrogens (tertiary/aromatic N) is 2. The Hall–Kier alpha value is -3.04. The summed E-state index contributed by atoms with van der Waals surface area (Å²) in [6.45, 7) is 1.31. The average molecular weight is 371 g/mol. The maximum atomic E-state index is 12.3. The molecular formula is C19H15ClN2O4. The van der Waals surface area contributed by atoms with Gasteiger partial charge in [0.05, 0.1) is 10.6 Å². The Balaban J connectivity index is 1.87. The SMILES string of the molecule is N#CC(=Cc1ccc(-c2ccc(Cl)c(C(=O)O)c2)o1)C(=O)N1CCCC1. The zero-order valence-corrected chi connectivity index (χ0v) is 14.5. The fourth-order valence-corrected chi connectivity index (χ4v) is 3.00. The summed E-state index contributed by atoms with van der Waals surface area (Å²) in [5.41, 5.74) is 0.519. The summed E-state index contributed by atoms with van der Waals surface area (Å²) in [4.78, 5) is 25.2. The van der Waals surface area contributed by atoms with Crippen LogP contribution in [-0.4, -0.2) is 35.0 Å². The van der Waals surface area contributed by atoms with Crippen molar-refractivity contribution in [1.29, 1.82) is 5.26 Å². The van der Waals surface area contributed by atoms with Crippen molar-refractivity contribution in [3.8, 4) is 17.4 Å². The number of furan rings is 1. The second-order valence-corrected chi connectivity index (χ2v) is 6.28. The second-order valence-electron chi connectivity index (χ2n) is 5.87. The Morgan fingerprint density at radius 1 is 1.23 bits per heavy atom. The first-order chi connectivity index (χ1) is 12.5. The number of likely N-dealkylation sites (tertiary alicyclic amines) is 1. The number of hydrogen-bond donors (Lipinski definition) is 1. The quantitative estimate of drug-likeness (QED) is 0.652. The van der Waals surface area contributed by atoms with Gasteiger partial charge in [0.25, 0.3) is 5.91 Å². The average Bonchev–Trinajstić information content (AvgIpc) is 3.31. The summed E-state index contributed by atoms with van der Waals surface area (Å²) < 4.78 is 5.66. The third kappa shape index (κ3) is 3.63. The minimum absolute atomic E-state index is 0.00938. The minimum Gasteiger partial charge on any atom is -0.478 e. The van der Waals surface area contributed by atoms with Gasteiger partial charge in [-0.1, -0.05) is 11.6 Å². The maximum absolute atomic E-state index is 12.3. The lowest BCUT2D eigenvalue weighted by Gasteiger charge is -2.13. The summed E-state index contributed by atoms with van der Waals surface area (Å²) in [6, 6.07) is 9.73. The zero-order valence-electron chi connectivity index (χ0n) is 13.7. The van der Waals surface area contributed by atoms with Gasteiger partial charge in [-0.2, -0.15) is 5.26 Å². The standard InChI is InChI=1S/C19H15ClN2O4/c20-16-5-3-12(10-15(16)19(24)25)17-6-4-14(26-17)9-13(11-21)18(23)22-7-1-2-8-22/h3-6,9-10H,1-2,7-8H2,(H,24,25). The van der Waals surface area contributed by atoms with Crippen molar-refractivity contribution in [2.45, 2.75) is 12.8 Å². The van der Waals surface area contributed by atoms with Crippen molar-refractivity contribution in [2.75, 3.05) is 13.1 Å². The highest BCUT2D eigenvalue weighted by Crippen LogP contribution is 2.28. The number of amides is 1. The Kier molecular flexibility index (Phi) is 5.10. The van der Waals surface area contributed by atoms with Gasteiger partial charge in [-0.05, 0) is 43.2 Å². The number of benzene rings is 1. The third-order valence-corrected chi connectivity index (χ3v) is 4.47. The van der Waals surface area contributed by atoms with E-state index in [9.17, 15) is 14.9 Å². The number of hydrogen-bond acceptors (Lipinski definition) is 4. The molecule has 6 nitrogen and oxygen atoms in total. The van der Waals surface area contributed by atoms with E-state index in [-0.39, 0.29) is 22.1 Å². The van der Waals surface area contributed by atoms with E-state index in [0.717, 1.165) is 12.8 Å². The lowest BCUT2D eigenvalue weighted by Crippen LogP contribution is -2.28. The molecule has 0 bridgehead atoms. The van der Waals surface area contributed by atoms with Crippen molar-refractivity contribution in [3.63, 3.8) is 0 Å². The van der Waals surface area contributed by atoms with E-state index in [4.69, 9.17) is 21.1 Å². The number of carboxylic acid groups (broad SMARTS) is 1. The second kappa shape index (κ2) is 7.46. The van der Waals surface area contributed by atoms with Gasteiger partial charge < -0.3 is 14.4 Å². The summed E-state index contributed by atoms with van der Waals surface area (Å²) in [7, 11) is 0. The predicted molar refractivity (Wildman–Crippen MR) is 95.5 cm³/mol. The van der Waals surface area contributed by atoms with Crippen LogP contribution >= 0.6 is 11.6 Å². The molecule has 1 aromatic heterocycles. The first-order valence-corrected chi connectivity index (χ1v) is 8.41. The molecule has 0 radical (unpaired) electrons. The smallest absolute Gasteiger partial charge is 0.337 e. The largest absolute Gasteiger partial charge is 0.478 e. The van der Waals surface area contributed by atoms with E-state index >= 15 is 0 Å². The molecule has 2 heterocycles. The van der Waals surface area contributed by atoms with Crippen molar-refractivity contribution in [1.82, 2.24) is 4.90 Å². The molecule has 0 unspecified atom stereocenters. The lowest BCUT2D eigenvalue weighted by molar-refractivity contribution is -0.125. The van der Waals surface area contributed by atoms with Crippen LogP contribution in [0.2, 0.25) is 5.02 Å². The molecule has 1 aliphatic heterocycles. The fraction of sp³-hybridized carbons (Fsp3) is 0.211. The van der Waals surface area contributed by atoms with Gasteiger partial charge in [0.1, 0.15) is 23.2 Å². The number of nitriles is 1. The monoisotopic (exact) mass is 370 g/mol. The van der Waals surface area contributed by atoms with Gasteiger partial charge in [-0.15, -0.1) is 0 Å². The minimum atomic E-state index is -1.13. The number of rotatable bonds is 4. The van der Waals surface area contributed by atoms with Gasteiger partial charge in [-0.25, -0.2) is 4.79 Å². The predicted octanol–water partition coefficient (Wildman–Crippen LogP) is 3.83. The summed E-state index contributed by atoms with van der Waals surface area (Å²) in [5, 5.41) is 18.6. The molecule has 0 aliphatic carbocycles. The van der Waals surface area contributed by atoms with E-state index in [1.165, 1.54) is 18.2 Å². The molecule has 132 valence electrons. The summed E-state index contributed by atoms with van der Waals surface area (Å²) in [5.74, 6) is -0.675. The molecule has 1 aromatic carbocycles. The van der Waals surface area contributed by atoms with Crippen molar-refractivity contribution in [2.24, 2.45) is 0 Å². The molecule has 2 aromatic rings. The highest BCUT2D eigenvalue weighted by atomic mass is 35.5. The molecule has 3 rings (SSSR count). The van der Waals surface area contributed by atoms with Gasteiger partial charge in [0.2, 0.25) is 0 Å². The Morgan fingerprint density at radius 2 is 1.96 bits per heavy atom. The van der Waals surface area contributed by atoms with Gasteiger partial charge in [0.15, 0.2) is 0 Å². The molecule has 1 amide bonds. The molecule has 1 aliphatic rings. The topological polar surface area (TPSA) is 94.5 Å². The zero-order chi connectivity index (χ0) is 18.7. The Bertz CT molecular complexity index is 933. The van der Waals surface area contributed by atoms with E-state index in [2.05, 4.69) is 0 Å². The van der Waals surface area contributed by atoms with E-state index in [1.807, 2.05) is 6.07 Å². The highest BCUT2D eigenvalue weighted by Gasteiger charge is 2.22. The van der Waals surface area contributed by atoms with Crippen LogP contribution in [0.5, 0.6) is 0 Å². The first-order valence-electron chi connectivity index (χ1n) is 8.03. The van der Waals surface area contributed by atoms with Crippen LogP contribution in [0.4, 0.5) is 0 Å². The Labute approximate surface area is 154 Å². The summed E-state index contributed by atoms with van der Waals surface area (Å²) in [6.07, 6.45) is 3.29. The molecule has 0 saturated carbocycles. The molecule has 7 heteroatoms. The fourth-order valence-electron chi connectivity index (χ4n) is 2.80. The van der Waals surface area contributed by atoms with E-state index in [1.54, 1.807) is 23.1 Å². The number of aromatic carboxylic acids is 1. The van der Waals surface area contributed by atoms with Crippen LogP contribution < -0.4 is 0 Å². The van der Waals surface area contributed by atoms with Crippen LogP contribution in [-0.2, 0) is 4.79 Å². The molecule has 26 heavy (non-hydrogen) atoms. The molecular weight excluding hydrogens is 356 g/mol. The number of carbonyl (C=O) groups excluding carboxylic acids is 1. The van der Waals surface area contributed by atoms with Gasteiger partial charge >= 0.3 is 5.97 Å².